The van der Waals surface area contributed by atoms with E-state index in [2.05, 4.69) is 16.0 Å². The van der Waals surface area contributed by atoms with Crippen molar-refractivity contribution in [1.29, 1.82) is 0 Å². The summed E-state index contributed by atoms with van der Waals surface area (Å²) in [5.74, 6) is -4.34. The van der Waals surface area contributed by atoms with E-state index in [1.54, 1.807) is 30.3 Å². The van der Waals surface area contributed by atoms with Crippen LogP contribution in [0.4, 0.5) is 4.39 Å². The second-order valence-electron chi connectivity index (χ2n) is 8.70. The van der Waals surface area contributed by atoms with E-state index >= 15 is 0 Å². The van der Waals surface area contributed by atoms with Crippen molar-refractivity contribution < 1.29 is 28.4 Å². The van der Waals surface area contributed by atoms with Crippen LogP contribution in [0.15, 0.2) is 54.6 Å². The lowest BCUT2D eigenvalue weighted by atomic mass is 10.0. The van der Waals surface area contributed by atoms with Crippen molar-refractivity contribution in [2.75, 3.05) is 6.54 Å². The third-order valence-corrected chi connectivity index (χ3v) is 5.66. The van der Waals surface area contributed by atoms with Crippen LogP contribution in [0.2, 0.25) is 0 Å². The number of halogens is 1. The summed E-state index contributed by atoms with van der Waals surface area (Å²) in [6.45, 7) is 0.359. The average molecular weight is 529 g/mol. The smallest absolute Gasteiger partial charge is 0.251 e. The van der Waals surface area contributed by atoms with Crippen LogP contribution in [0.5, 0.6) is 0 Å². The predicted molar refractivity (Wildman–Crippen MR) is 138 cm³/mol. The highest BCUT2D eigenvalue weighted by Crippen LogP contribution is 2.09. The first-order valence-electron chi connectivity index (χ1n) is 12.1. The molecule has 0 aliphatic carbocycles. The second kappa shape index (κ2) is 15.1. The molecular weight excluding hydrogens is 495 g/mol. The third kappa shape index (κ3) is 9.97. The van der Waals surface area contributed by atoms with Gasteiger partial charge in [-0.15, -0.1) is 0 Å². The largest absolute Gasteiger partial charge is 0.370 e. The Morgan fingerprint density at radius 2 is 1.37 bits per heavy atom. The molecular formula is C26H33FN6O5. The summed E-state index contributed by atoms with van der Waals surface area (Å²) in [6.07, 6.45) is 0.796. The van der Waals surface area contributed by atoms with Crippen molar-refractivity contribution in [1.82, 2.24) is 16.0 Å². The van der Waals surface area contributed by atoms with Crippen LogP contribution in [0.3, 0.4) is 0 Å². The molecule has 0 heterocycles. The highest BCUT2D eigenvalue weighted by atomic mass is 19.1. The fraction of sp³-hybridized carbons (Fsp3) is 0.346. The van der Waals surface area contributed by atoms with E-state index in [9.17, 15) is 28.4 Å². The number of nitrogens with two attached hydrogens (primary N) is 3. The molecule has 11 nitrogen and oxygen atoms in total. The average Bonchev–Trinajstić information content (AvgIpc) is 2.87. The number of amides is 5. The van der Waals surface area contributed by atoms with Gasteiger partial charge in [0.2, 0.25) is 23.6 Å². The van der Waals surface area contributed by atoms with Gasteiger partial charge in [0.25, 0.3) is 5.91 Å². The Labute approximate surface area is 219 Å². The summed E-state index contributed by atoms with van der Waals surface area (Å²) in [7, 11) is 0. The Hall–Kier alpha value is -4.32. The molecule has 0 aromatic heterocycles. The Morgan fingerprint density at radius 1 is 0.763 bits per heavy atom. The molecule has 0 radical (unpaired) electrons. The van der Waals surface area contributed by atoms with Gasteiger partial charge in [0.15, 0.2) is 0 Å². The number of hydrogen-bond acceptors (Lipinski definition) is 6. The first-order valence-corrected chi connectivity index (χ1v) is 12.1. The number of rotatable bonds is 15. The number of nitrogens with one attached hydrogen (secondary N) is 3. The zero-order valence-corrected chi connectivity index (χ0v) is 20.8. The summed E-state index contributed by atoms with van der Waals surface area (Å²) in [5.41, 5.74) is 16.8. The minimum Gasteiger partial charge on any atom is -0.370 e. The SMILES string of the molecule is NCCCC[C@H](NC(=O)[C@H](Cc1ccccc1)NC(=O)c1ccc(F)cc1)C(=O)N[C@@H](CC(N)=O)C(N)=O. The van der Waals surface area contributed by atoms with Crippen LogP contribution in [-0.4, -0.2) is 54.2 Å². The van der Waals surface area contributed by atoms with Crippen LogP contribution in [0.1, 0.15) is 41.6 Å². The quantitative estimate of drug-likeness (QED) is 0.170. The van der Waals surface area contributed by atoms with E-state index in [0.29, 0.717) is 19.4 Å². The number of primary amides is 2. The number of carbonyl (C=O) groups excluding carboxylic acids is 5. The number of unbranched alkanes of at least 4 members (excludes halogenated alkanes) is 1. The monoisotopic (exact) mass is 528 g/mol. The van der Waals surface area contributed by atoms with Crippen LogP contribution in [-0.2, 0) is 25.6 Å². The first kappa shape index (κ1) is 29.9. The lowest BCUT2D eigenvalue weighted by molar-refractivity contribution is -0.133. The van der Waals surface area contributed by atoms with Gasteiger partial charge in [-0.3, -0.25) is 24.0 Å². The zero-order valence-electron chi connectivity index (χ0n) is 20.8. The molecule has 0 bridgehead atoms. The molecule has 0 spiro atoms. The summed E-state index contributed by atoms with van der Waals surface area (Å²) in [6, 6.07) is 10.1. The maximum atomic E-state index is 13.4. The van der Waals surface area contributed by atoms with Gasteiger partial charge in [-0.2, -0.15) is 0 Å². The highest BCUT2D eigenvalue weighted by Gasteiger charge is 2.29. The van der Waals surface area contributed by atoms with E-state index in [-0.39, 0.29) is 18.4 Å². The van der Waals surface area contributed by atoms with Crippen molar-refractivity contribution in [3.8, 4) is 0 Å². The second-order valence-corrected chi connectivity index (χ2v) is 8.70. The summed E-state index contributed by atoms with van der Waals surface area (Å²) in [5, 5.41) is 7.62. The molecule has 0 saturated carbocycles. The normalized spacial score (nSPS) is 13.0. The number of carbonyl (C=O) groups is 5. The minimum absolute atomic E-state index is 0.0995. The van der Waals surface area contributed by atoms with Crippen LogP contribution in [0.25, 0.3) is 0 Å². The highest BCUT2D eigenvalue weighted by molar-refractivity contribution is 5.99. The van der Waals surface area contributed by atoms with Gasteiger partial charge in [-0.1, -0.05) is 30.3 Å². The molecule has 0 aliphatic rings. The minimum atomic E-state index is -1.35. The van der Waals surface area contributed by atoms with Crippen molar-refractivity contribution in [3.05, 3.63) is 71.5 Å². The molecule has 2 rings (SSSR count). The van der Waals surface area contributed by atoms with Gasteiger partial charge in [-0.05, 0) is 55.6 Å². The Bertz CT molecular complexity index is 1110. The van der Waals surface area contributed by atoms with Crippen molar-refractivity contribution in [2.24, 2.45) is 17.2 Å². The first-order chi connectivity index (χ1) is 18.1. The van der Waals surface area contributed by atoms with Crippen LogP contribution < -0.4 is 33.2 Å². The van der Waals surface area contributed by atoms with Gasteiger partial charge in [0.1, 0.15) is 23.9 Å². The molecule has 2 aromatic carbocycles. The third-order valence-electron chi connectivity index (χ3n) is 5.66. The molecule has 3 atom stereocenters. The molecule has 0 aliphatic heterocycles. The molecule has 0 fully saturated rings. The Morgan fingerprint density at radius 3 is 1.95 bits per heavy atom. The Kier molecular flexibility index (Phi) is 11.8. The molecule has 38 heavy (non-hydrogen) atoms. The predicted octanol–water partition coefficient (Wildman–Crippen LogP) is -0.374. The standard InChI is InChI=1S/C26H33FN6O5/c27-18-11-9-17(10-12-18)24(36)33-21(14-16-6-2-1-3-7-16)26(38)31-19(8-4-5-13-28)25(37)32-20(23(30)35)15-22(29)34/h1-3,6-7,9-12,19-21H,4-5,8,13-15,28H2,(H2,29,34)(H2,30,35)(H,31,38)(H,32,37)(H,33,36)/t19-,20-,21-/m0/s1. The lowest BCUT2D eigenvalue weighted by Crippen LogP contribution is -2.57. The van der Waals surface area contributed by atoms with Gasteiger partial charge < -0.3 is 33.2 Å². The van der Waals surface area contributed by atoms with Gasteiger partial charge in [0, 0.05) is 12.0 Å². The van der Waals surface area contributed by atoms with Crippen molar-refractivity contribution >= 4 is 29.5 Å². The zero-order chi connectivity index (χ0) is 28.1. The van der Waals surface area contributed by atoms with E-state index in [1.807, 2.05) is 0 Å². The van der Waals surface area contributed by atoms with Gasteiger partial charge >= 0.3 is 0 Å². The molecule has 12 heteroatoms. The topological polar surface area (TPSA) is 200 Å². The molecule has 2 aromatic rings. The molecule has 0 unspecified atom stereocenters. The molecule has 9 N–H and O–H groups in total. The summed E-state index contributed by atoms with van der Waals surface area (Å²) >= 11 is 0. The summed E-state index contributed by atoms with van der Waals surface area (Å²) < 4.78 is 13.3. The molecule has 5 amide bonds. The lowest BCUT2D eigenvalue weighted by Gasteiger charge is -2.25. The summed E-state index contributed by atoms with van der Waals surface area (Å²) in [4.78, 5) is 62.1. The van der Waals surface area contributed by atoms with Crippen LogP contribution >= 0.6 is 0 Å². The van der Waals surface area contributed by atoms with E-state index < -0.39 is 59.9 Å². The molecule has 0 saturated heterocycles. The van der Waals surface area contributed by atoms with Crippen molar-refractivity contribution in [2.45, 2.75) is 50.2 Å². The number of hydrogen-bond donors (Lipinski definition) is 6. The van der Waals surface area contributed by atoms with E-state index in [4.69, 9.17) is 17.2 Å². The maximum absolute atomic E-state index is 13.4. The Balaban J connectivity index is 2.24. The fourth-order valence-electron chi connectivity index (χ4n) is 3.63. The maximum Gasteiger partial charge on any atom is 0.251 e. The van der Waals surface area contributed by atoms with E-state index in [1.165, 1.54) is 12.1 Å². The van der Waals surface area contributed by atoms with Crippen LogP contribution in [0, 0.1) is 5.82 Å². The van der Waals surface area contributed by atoms with Crippen molar-refractivity contribution in [3.63, 3.8) is 0 Å². The molecule has 204 valence electrons. The van der Waals surface area contributed by atoms with E-state index in [0.717, 1.165) is 17.7 Å². The van der Waals surface area contributed by atoms with Gasteiger partial charge in [-0.25, -0.2) is 4.39 Å². The number of benzene rings is 2. The van der Waals surface area contributed by atoms with Gasteiger partial charge in [0.05, 0.1) is 6.42 Å². The fourth-order valence-corrected chi connectivity index (χ4v) is 3.63.